The molecule has 5 rings (SSSR count). The minimum absolute atomic E-state index is 0.0370. The normalized spacial score (nSPS) is 11.6. The highest BCUT2D eigenvalue weighted by atomic mass is 19.2. The Morgan fingerprint density at radius 3 is 1.43 bits per heavy atom. The summed E-state index contributed by atoms with van der Waals surface area (Å²) < 4.78 is 128. The molecule has 0 saturated carbocycles. The van der Waals surface area contributed by atoms with E-state index in [4.69, 9.17) is 0 Å². The summed E-state index contributed by atoms with van der Waals surface area (Å²) in [7, 11) is 0. The highest BCUT2D eigenvalue weighted by Crippen LogP contribution is 2.46. The molecule has 176 valence electrons. The number of rotatable bonds is 2. The Balaban J connectivity index is 2.05. The molecule has 0 heterocycles. The van der Waals surface area contributed by atoms with Gasteiger partial charge in [-0.25, -0.2) is 39.5 Å². The molecular formula is C26H9F9. The summed E-state index contributed by atoms with van der Waals surface area (Å²) in [5, 5.41) is -0.355. The third kappa shape index (κ3) is 3.33. The molecule has 0 aliphatic heterocycles. The number of fused-ring (bicyclic) bond motifs is 2. The van der Waals surface area contributed by atoms with Gasteiger partial charge in [-0.1, -0.05) is 30.3 Å². The van der Waals surface area contributed by atoms with E-state index in [1.54, 1.807) is 0 Å². The number of hydrogen-bond donors (Lipinski definition) is 0. The van der Waals surface area contributed by atoms with Crippen LogP contribution in [0.5, 0.6) is 0 Å². The van der Waals surface area contributed by atoms with Gasteiger partial charge in [0.25, 0.3) is 0 Å². The predicted octanol–water partition coefficient (Wildman–Crippen LogP) is 8.58. The lowest BCUT2D eigenvalue weighted by Crippen LogP contribution is -2.05. The Morgan fingerprint density at radius 1 is 0.371 bits per heavy atom. The maximum Gasteiger partial charge on any atom is 0.200 e. The van der Waals surface area contributed by atoms with E-state index in [1.165, 1.54) is 24.3 Å². The summed E-state index contributed by atoms with van der Waals surface area (Å²) in [6.45, 7) is 0. The number of hydrogen-bond acceptors (Lipinski definition) is 0. The van der Waals surface area contributed by atoms with Crippen LogP contribution < -0.4 is 0 Å². The topological polar surface area (TPSA) is 0 Å². The summed E-state index contributed by atoms with van der Waals surface area (Å²) in [4.78, 5) is 0. The van der Waals surface area contributed by atoms with Crippen molar-refractivity contribution in [3.05, 3.63) is 107 Å². The van der Waals surface area contributed by atoms with E-state index in [9.17, 15) is 39.5 Å². The quantitative estimate of drug-likeness (QED) is 0.100. The zero-order chi connectivity index (χ0) is 25.2. The highest BCUT2D eigenvalue weighted by molar-refractivity contribution is 6.21. The SMILES string of the molecule is Fc1ccc2c(-c3c(F)c(F)c(F)c(F)c3F)c3ccccc3c(-c3cc(F)c(F)c(F)c3)c2c1. The van der Waals surface area contributed by atoms with Crippen LogP contribution >= 0.6 is 0 Å². The zero-order valence-corrected chi connectivity index (χ0v) is 17.1. The highest BCUT2D eigenvalue weighted by Gasteiger charge is 2.30. The average molecular weight is 492 g/mol. The van der Waals surface area contributed by atoms with Gasteiger partial charge in [-0.3, -0.25) is 0 Å². The van der Waals surface area contributed by atoms with E-state index in [0.717, 1.165) is 18.2 Å². The molecule has 0 aromatic heterocycles. The molecule has 0 radical (unpaired) electrons. The second kappa shape index (κ2) is 8.04. The van der Waals surface area contributed by atoms with Crippen LogP contribution in [0.4, 0.5) is 39.5 Å². The molecule has 0 nitrogen and oxygen atoms in total. The molecule has 9 heteroatoms. The third-order valence-electron chi connectivity index (χ3n) is 5.72. The average Bonchev–Trinajstić information content (AvgIpc) is 2.84. The summed E-state index contributed by atoms with van der Waals surface area (Å²) in [5.41, 5.74) is -1.98. The van der Waals surface area contributed by atoms with Crippen LogP contribution in [0.2, 0.25) is 0 Å². The largest absolute Gasteiger partial charge is 0.207 e. The molecule has 0 aliphatic rings. The Bertz CT molecular complexity index is 1640. The fraction of sp³-hybridized carbons (Fsp3) is 0. The first kappa shape index (κ1) is 22.8. The minimum atomic E-state index is -2.35. The van der Waals surface area contributed by atoms with Crippen molar-refractivity contribution < 1.29 is 39.5 Å². The number of benzene rings is 5. The Morgan fingerprint density at radius 2 is 0.857 bits per heavy atom. The molecule has 0 atom stereocenters. The van der Waals surface area contributed by atoms with Gasteiger partial charge in [-0.15, -0.1) is 0 Å². The fourth-order valence-electron chi connectivity index (χ4n) is 4.26. The Kier molecular flexibility index (Phi) is 5.23. The van der Waals surface area contributed by atoms with Gasteiger partial charge in [0.2, 0.25) is 5.82 Å². The molecule has 0 fully saturated rings. The molecule has 5 aromatic rings. The van der Waals surface area contributed by atoms with Crippen molar-refractivity contribution >= 4 is 21.5 Å². The molecule has 35 heavy (non-hydrogen) atoms. The maximum atomic E-state index is 14.9. The first-order chi connectivity index (χ1) is 16.6. The van der Waals surface area contributed by atoms with E-state index in [1.807, 2.05) is 0 Å². The van der Waals surface area contributed by atoms with Crippen molar-refractivity contribution in [2.45, 2.75) is 0 Å². The van der Waals surface area contributed by atoms with Gasteiger partial charge in [-0.2, -0.15) is 0 Å². The molecule has 0 spiro atoms. The minimum Gasteiger partial charge on any atom is -0.207 e. The van der Waals surface area contributed by atoms with Crippen molar-refractivity contribution in [1.82, 2.24) is 0 Å². The van der Waals surface area contributed by atoms with E-state index in [0.29, 0.717) is 12.1 Å². The van der Waals surface area contributed by atoms with Crippen LogP contribution in [-0.2, 0) is 0 Å². The van der Waals surface area contributed by atoms with Crippen molar-refractivity contribution in [1.29, 1.82) is 0 Å². The summed E-state index contributed by atoms with van der Waals surface area (Å²) in [5.74, 6) is -16.6. The molecule has 0 N–H and O–H groups in total. The van der Waals surface area contributed by atoms with E-state index < -0.39 is 63.5 Å². The summed E-state index contributed by atoms with van der Waals surface area (Å²) in [6.07, 6.45) is 0. The van der Waals surface area contributed by atoms with Gasteiger partial charge >= 0.3 is 0 Å². The van der Waals surface area contributed by atoms with Gasteiger partial charge in [0.15, 0.2) is 40.7 Å². The van der Waals surface area contributed by atoms with Crippen molar-refractivity contribution in [3.8, 4) is 22.3 Å². The second-order valence-corrected chi connectivity index (χ2v) is 7.68. The predicted molar refractivity (Wildman–Crippen MR) is 112 cm³/mol. The van der Waals surface area contributed by atoms with Gasteiger partial charge in [0.05, 0.1) is 5.56 Å². The van der Waals surface area contributed by atoms with Crippen molar-refractivity contribution in [2.75, 3.05) is 0 Å². The smallest absolute Gasteiger partial charge is 0.200 e. The molecule has 0 aliphatic carbocycles. The number of halogens is 9. The Hall–Kier alpha value is -4.01. The van der Waals surface area contributed by atoms with E-state index >= 15 is 0 Å². The molecule has 0 bridgehead atoms. The lowest BCUT2D eigenvalue weighted by Gasteiger charge is -2.19. The Labute approximate surface area is 190 Å². The zero-order valence-electron chi connectivity index (χ0n) is 17.1. The molecule has 0 unspecified atom stereocenters. The van der Waals surface area contributed by atoms with Crippen LogP contribution in [-0.4, -0.2) is 0 Å². The fourth-order valence-corrected chi connectivity index (χ4v) is 4.26. The van der Waals surface area contributed by atoms with E-state index in [-0.39, 0.29) is 32.7 Å². The van der Waals surface area contributed by atoms with Crippen LogP contribution in [0.25, 0.3) is 43.8 Å². The maximum absolute atomic E-state index is 14.9. The van der Waals surface area contributed by atoms with Gasteiger partial charge in [0, 0.05) is 5.56 Å². The van der Waals surface area contributed by atoms with Gasteiger partial charge in [0.1, 0.15) is 5.82 Å². The first-order valence-electron chi connectivity index (χ1n) is 9.92. The second-order valence-electron chi connectivity index (χ2n) is 7.68. The molecule has 0 saturated heterocycles. The van der Waals surface area contributed by atoms with Crippen molar-refractivity contribution in [3.63, 3.8) is 0 Å². The van der Waals surface area contributed by atoms with Crippen molar-refractivity contribution in [2.24, 2.45) is 0 Å². The molecule has 0 amide bonds. The van der Waals surface area contributed by atoms with Crippen LogP contribution in [0.15, 0.2) is 54.6 Å². The standard InChI is InChI=1S/C26H9F9/c27-11-5-6-14-15(9-11)18(10-7-16(28)21(30)17(29)8-10)12-3-1-2-4-13(12)19(14)20-22(31)24(33)26(35)25(34)23(20)32/h1-9H. The lowest BCUT2D eigenvalue weighted by molar-refractivity contribution is 0.381. The molecule has 5 aromatic carbocycles. The van der Waals surface area contributed by atoms with Crippen LogP contribution in [0.3, 0.4) is 0 Å². The first-order valence-corrected chi connectivity index (χ1v) is 9.92. The summed E-state index contributed by atoms with van der Waals surface area (Å²) >= 11 is 0. The lowest BCUT2D eigenvalue weighted by atomic mass is 9.85. The third-order valence-corrected chi connectivity index (χ3v) is 5.72. The van der Waals surface area contributed by atoms with E-state index in [2.05, 4.69) is 0 Å². The van der Waals surface area contributed by atoms with Crippen LogP contribution in [0, 0.1) is 52.4 Å². The summed E-state index contributed by atoms with van der Waals surface area (Å²) in [6, 6.07) is 9.62. The molecular weight excluding hydrogens is 483 g/mol. The monoisotopic (exact) mass is 492 g/mol. The van der Waals surface area contributed by atoms with Crippen LogP contribution in [0.1, 0.15) is 0 Å². The van der Waals surface area contributed by atoms with Gasteiger partial charge in [-0.05, 0) is 56.9 Å². The van der Waals surface area contributed by atoms with Gasteiger partial charge < -0.3 is 0 Å².